The number of halogens is 2. The van der Waals surface area contributed by atoms with Gasteiger partial charge in [-0.25, -0.2) is 5.01 Å². The molecule has 2 aromatic rings. The van der Waals surface area contributed by atoms with Crippen molar-refractivity contribution in [1.82, 2.24) is 10.3 Å². The lowest BCUT2D eigenvalue weighted by atomic mass is 9.98. The number of benzene rings is 2. The van der Waals surface area contributed by atoms with Crippen LogP contribution in [-0.2, 0) is 0 Å². The monoisotopic (exact) mass is 393 g/mol. The van der Waals surface area contributed by atoms with Crippen molar-refractivity contribution in [3.8, 4) is 5.75 Å². The van der Waals surface area contributed by atoms with Crippen LogP contribution < -0.4 is 10.1 Å². The van der Waals surface area contributed by atoms with Gasteiger partial charge in [0, 0.05) is 13.5 Å². The van der Waals surface area contributed by atoms with Gasteiger partial charge >= 0.3 is 0 Å². The summed E-state index contributed by atoms with van der Waals surface area (Å²) in [6, 6.07) is 13.4. The van der Waals surface area contributed by atoms with E-state index in [0.717, 1.165) is 22.6 Å². The summed E-state index contributed by atoms with van der Waals surface area (Å²) in [4.78, 5) is 0. The Hall–Kier alpha value is -1.82. The van der Waals surface area contributed by atoms with Gasteiger partial charge in [-0.1, -0.05) is 29.3 Å². The molecule has 3 rings (SSSR count). The quantitative estimate of drug-likeness (QED) is 0.769. The standard InChI is InChI=1S/C18H17Cl2N3OS/c1-21-18(25)23-17(12-5-8-14(19)15(20)9-12)10-16(22-23)11-3-6-13(24-2)7-4-11/h3-9,17H,10H2,1-2H3,(H,21,25)/t17-/m0/s1. The van der Waals surface area contributed by atoms with Gasteiger partial charge in [-0.15, -0.1) is 0 Å². The second kappa shape index (κ2) is 7.60. The first-order chi connectivity index (χ1) is 12.0. The van der Waals surface area contributed by atoms with Crippen molar-refractivity contribution in [2.75, 3.05) is 14.2 Å². The number of hydrogen-bond acceptors (Lipinski definition) is 3. The van der Waals surface area contributed by atoms with Crippen molar-refractivity contribution in [3.05, 3.63) is 63.6 Å². The predicted molar refractivity (Wildman–Crippen MR) is 107 cm³/mol. The van der Waals surface area contributed by atoms with Crippen LogP contribution in [0.1, 0.15) is 23.6 Å². The molecule has 2 aromatic carbocycles. The molecule has 0 aromatic heterocycles. The van der Waals surface area contributed by atoms with Gasteiger partial charge in [0.1, 0.15) is 5.75 Å². The smallest absolute Gasteiger partial charge is 0.189 e. The molecule has 4 nitrogen and oxygen atoms in total. The normalized spacial score (nSPS) is 16.6. The van der Waals surface area contributed by atoms with Crippen molar-refractivity contribution in [2.45, 2.75) is 12.5 Å². The molecule has 0 unspecified atom stereocenters. The van der Waals surface area contributed by atoms with E-state index in [9.17, 15) is 0 Å². The fourth-order valence-corrected chi connectivity index (χ4v) is 3.22. The zero-order valence-electron chi connectivity index (χ0n) is 13.8. The molecule has 0 saturated heterocycles. The molecule has 130 valence electrons. The van der Waals surface area contributed by atoms with Gasteiger partial charge in [0.25, 0.3) is 0 Å². The third kappa shape index (κ3) is 3.73. The Balaban J connectivity index is 1.94. The molecule has 0 radical (unpaired) electrons. The first-order valence-electron chi connectivity index (χ1n) is 7.71. The van der Waals surface area contributed by atoms with Crippen LogP contribution in [0.25, 0.3) is 0 Å². The zero-order chi connectivity index (χ0) is 18.0. The first-order valence-corrected chi connectivity index (χ1v) is 8.87. The van der Waals surface area contributed by atoms with Crippen molar-refractivity contribution in [2.24, 2.45) is 5.10 Å². The lowest BCUT2D eigenvalue weighted by Gasteiger charge is -2.24. The number of rotatable bonds is 3. The van der Waals surface area contributed by atoms with Crippen molar-refractivity contribution in [3.63, 3.8) is 0 Å². The van der Waals surface area contributed by atoms with E-state index in [1.165, 1.54) is 0 Å². The molecule has 1 aliphatic rings. The Morgan fingerprint density at radius 1 is 1.20 bits per heavy atom. The number of hydrogen-bond donors (Lipinski definition) is 1. The van der Waals surface area contributed by atoms with Gasteiger partial charge in [-0.2, -0.15) is 5.10 Å². The number of methoxy groups -OCH3 is 1. The maximum Gasteiger partial charge on any atom is 0.189 e. The highest BCUT2D eigenvalue weighted by molar-refractivity contribution is 7.80. The highest BCUT2D eigenvalue weighted by atomic mass is 35.5. The fraction of sp³-hybridized carbons (Fsp3) is 0.222. The lowest BCUT2D eigenvalue weighted by Crippen LogP contribution is -2.34. The summed E-state index contributed by atoms with van der Waals surface area (Å²) in [7, 11) is 3.44. The van der Waals surface area contributed by atoms with E-state index in [1.807, 2.05) is 41.4 Å². The third-order valence-electron chi connectivity index (χ3n) is 4.08. The molecule has 1 atom stereocenters. The number of thiocarbonyl (C=S) groups is 1. The number of ether oxygens (including phenoxy) is 1. The van der Waals surface area contributed by atoms with Crippen LogP contribution >= 0.6 is 35.4 Å². The molecule has 0 amide bonds. The van der Waals surface area contributed by atoms with Crippen LogP contribution in [0.5, 0.6) is 5.75 Å². The highest BCUT2D eigenvalue weighted by Gasteiger charge is 2.31. The van der Waals surface area contributed by atoms with Gasteiger partial charge in [0.15, 0.2) is 5.11 Å². The third-order valence-corrected chi connectivity index (χ3v) is 5.21. The molecule has 0 aliphatic carbocycles. The predicted octanol–water partition coefficient (Wildman–Crippen LogP) is 4.66. The Kier molecular flexibility index (Phi) is 5.47. The highest BCUT2D eigenvalue weighted by Crippen LogP contribution is 2.35. The Morgan fingerprint density at radius 3 is 2.52 bits per heavy atom. The number of hydrazone groups is 1. The van der Waals surface area contributed by atoms with Gasteiger partial charge in [-0.3, -0.25) is 0 Å². The second-order valence-corrected chi connectivity index (χ2v) is 6.77. The van der Waals surface area contributed by atoms with Crippen LogP contribution in [0.15, 0.2) is 47.6 Å². The molecule has 25 heavy (non-hydrogen) atoms. The molecule has 0 spiro atoms. The lowest BCUT2D eigenvalue weighted by molar-refractivity contribution is 0.367. The van der Waals surface area contributed by atoms with E-state index in [2.05, 4.69) is 5.32 Å². The molecular weight excluding hydrogens is 377 g/mol. The maximum atomic E-state index is 6.19. The van der Waals surface area contributed by atoms with E-state index in [-0.39, 0.29) is 6.04 Å². The number of nitrogens with zero attached hydrogens (tertiary/aromatic N) is 2. The Bertz CT molecular complexity index is 824. The molecule has 1 N–H and O–H groups in total. The van der Waals surface area contributed by atoms with E-state index in [4.69, 9.17) is 45.3 Å². The zero-order valence-corrected chi connectivity index (χ0v) is 16.1. The molecule has 0 bridgehead atoms. The summed E-state index contributed by atoms with van der Waals surface area (Å²) in [6.07, 6.45) is 0.714. The summed E-state index contributed by atoms with van der Waals surface area (Å²) in [5.41, 5.74) is 3.00. The van der Waals surface area contributed by atoms with E-state index in [0.29, 0.717) is 21.6 Å². The van der Waals surface area contributed by atoms with Crippen LogP contribution in [-0.4, -0.2) is 30.0 Å². The van der Waals surface area contributed by atoms with Crippen molar-refractivity contribution >= 4 is 46.2 Å². The van der Waals surface area contributed by atoms with Crippen molar-refractivity contribution in [1.29, 1.82) is 0 Å². The summed E-state index contributed by atoms with van der Waals surface area (Å²) in [5, 5.41) is 11.1. The largest absolute Gasteiger partial charge is 0.497 e. The molecule has 0 saturated carbocycles. The summed E-state index contributed by atoms with van der Waals surface area (Å²) in [6.45, 7) is 0. The number of nitrogens with one attached hydrogen (secondary N) is 1. The van der Waals surface area contributed by atoms with Crippen LogP contribution in [0, 0.1) is 0 Å². The SMILES string of the molecule is CNC(=S)N1N=C(c2ccc(OC)cc2)C[C@H]1c1ccc(Cl)c(Cl)c1. The van der Waals surface area contributed by atoms with Gasteiger partial charge in [-0.05, 0) is 59.7 Å². The summed E-state index contributed by atoms with van der Waals surface area (Å²) in [5.74, 6) is 0.811. The summed E-state index contributed by atoms with van der Waals surface area (Å²) >= 11 is 17.7. The Morgan fingerprint density at radius 2 is 1.92 bits per heavy atom. The van der Waals surface area contributed by atoms with Gasteiger partial charge in [0.05, 0.1) is 28.9 Å². The Labute approximate surface area is 162 Å². The van der Waals surface area contributed by atoms with E-state index in [1.54, 1.807) is 20.2 Å². The molecule has 7 heteroatoms. The minimum Gasteiger partial charge on any atom is -0.497 e. The molecule has 1 aliphatic heterocycles. The van der Waals surface area contributed by atoms with E-state index < -0.39 is 0 Å². The van der Waals surface area contributed by atoms with Gasteiger partial charge in [0.2, 0.25) is 0 Å². The van der Waals surface area contributed by atoms with Crippen LogP contribution in [0.3, 0.4) is 0 Å². The van der Waals surface area contributed by atoms with E-state index >= 15 is 0 Å². The van der Waals surface area contributed by atoms with Crippen LogP contribution in [0.4, 0.5) is 0 Å². The topological polar surface area (TPSA) is 36.9 Å². The maximum absolute atomic E-state index is 6.19. The van der Waals surface area contributed by atoms with Crippen molar-refractivity contribution < 1.29 is 4.74 Å². The summed E-state index contributed by atoms with van der Waals surface area (Å²) < 4.78 is 5.22. The van der Waals surface area contributed by atoms with Crippen LogP contribution in [0.2, 0.25) is 10.0 Å². The van der Waals surface area contributed by atoms with Gasteiger partial charge < -0.3 is 10.1 Å². The minimum atomic E-state index is -0.0354. The molecule has 0 fully saturated rings. The molecule has 1 heterocycles. The minimum absolute atomic E-state index is 0.0354. The average molecular weight is 394 g/mol. The first kappa shape index (κ1) is 18.0. The molecular formula is C18H17Cl2N3OS. The average Bonchev–Trinajstić information content (AvgIpc) is 3.08. The fourth-order valence-electron chi connectivity index (χ4n) is 2.75. The second-order valence-electron chi connectivity index (χ2n) is 5.57.